The van der Waals surface area contributed by atoms with Crippen LogP contribution in [0.3, 0.4) is 0 Å². The van der Waals surface area contributed by atoms with Gasteiger partial charge in [0.1, 0.15) is 5.75 Å². The zero-order valence-electron chi connectivity index (χ0n) is 11.3. The molecule has 0 unspecified atom stereocenters. The molecule has 0 fully saturated rings. The van der Waals surface area contributed by atoms with Crippen molar-refractivity contribution in [1.82, 2.24) is 10.3 Å². The molecule has 3 N–H and O–H groups in total. The molecule has 5 nitrogen and oxygen atoms in total. The molecule has 0 bridgehead atoms. The molecule has 0 saturated heterocycles. The largest absolute Gasteiger partial charge is 0.497 e. The van der Waals surface area contributed by atoms with Crippen molar-refractivity contribution in [3.8, 4) is 5.75 Å². The summed E-state index contributed by atoms with van der Waals surface area (Å²) >= 11 is 0. The fourth-order valence-corrected chi connectivity index (χ4v) is 1.84. The number of nitrogens with zero attached hydrogens (tertiary/aromatic N) is 1. The first kappa shape index (κ1) is 13.9. The normalized spacial score (nSPS) is 10.1. The number of aromatic nitrogens is 1. The predicted octanol–water partition coefficient (Wildman–Crippen LogP) is 1.64. The number of hydrogen-bond donors (Lipinski definition) is 2. The molecule has 1 amide bonds. The quantitative estimate of drug-likeness (QED) is 0.810. The van der Waals surface area contributed by atoms with Gasteiger partial charge in [-0.2, -0.15) is 0 Å². The van der Waals surface area contributed by atoms with Crippen LogP contribution < -0.4 is 15.8 Å². The Morgan fingerprint density at radius 2 is 2.05 bits per heavy atom. The lowest BCUT2D eigenvalue weighted by Crippen LogP contribution is -2.25. The summed E-state index contributed by atoms with van der Waals surface area (Å²) in [4.78, 5) is 16.0. The molecule has 2 aromatic rings. The highest BCUT2D eigenvalue weighted by Gasteiger charge is 2.07. The van der Waals surface area contributed by atoms with E-state index in [1.54, 1.807) is 37.7 Å². The van der Waals surface area contributed by atoms with Crippen LogP contribution in [0.15, 0.2) is 42.7 Å². The van der Waals surface area contributed by atoms with Crippen LogP contribution in [0, 0.1) is 0 Å². The minimum absolute atomic E-state index is 0.162. The van der Waals surface area contributed by atoms with Crippen LogP contribution in [-0.2, 0) is 6.42 Å². The van der Waals surface area contributed by atoms with Gasteiger partial charge in [0, 0.05) is 36.3 Å². The standard InChI is InChI=1S/C15H17N3O2/c1-20-14-9-12(8-13(16)10-14)15(19)18-7-4-11-2-5-17-6-3-11/h2-3,5-6,8-10H,4,7,16H2,1H3,(H,18,19). The lowest BCUT2D eigenvalue weighted by atomic mass is 10.1. The Bertz CT molecular complexity index is 585. The molecule has 1 heterocycles. The number of anilines is 1. The van der Waals surface area contributed by atoms with Gasteiger partial charge < -0.3 is 15.8 Å². The maximum atomic E-state index is 12.0. The highest BCUT2D eigenvalue weighted by molar-refractivity contribution is 5.95. The number of hydrogen-bond acceptors (Lipinski definition) is 4. The van der Waals surface area contributed by atoms with E-state index in [9.17, 15) is 4.79 Å². The van der Waals surface area contributed by atoms with E-state index in [0.717, 1.165) is 12.0 Å². The van der Waals surface area contributed by atoms with Crippen molar-refractivity contribution < 1.29 is 9.53 Å². The molecule has 104 valence electrons. The number of methoxy groups -OCH3 is 1. The van der Waals surface area contributed by atoms with Gasteiger partial charge >= 0.3 is 0 Å². The molecule has 0 saturated carbocycles. The monoisotopic (exact) mass is 271 g/mol. The molecule has 1 aromatic heterocycles. The number of carbonyl (C=O) groups is 1. The highest BCUT2D eigenvalue weighted by atomic mass is 16.5. The Morgan fingerprint density at radius 3 is 2.75 bits per heavy atom. The summed E-state index contributed by atoms with van der Waals surface area (Å²) < 4.78 is 5.09. The minimum atomic E-state index is -0.162. The van der Waals surface area contributed by atoms with Crippen molar-refractivity contribution in [1.29, 1.82) is 0 Å². The van der Waals surface area contributed by atoms with Gasteiger partial charge in [0.2, 0.25) is 0 Å². The first-order valence-electron chi connectivity index (χ1n) is 6.30. The summed E-state index contributed by atoms with van der Waals surface area (Å²) in [6.45, 7) is 0.556. The number of amides is 1. The van der Waals surface area contributed by atoms with Gasteiger partial charge in [-0.15, -0.1) is 0 Å². The van der Waals surface area contributed by atoms with Crippen LogP contribution in [0.25, 0.3) is 0 Å². The Balaban J connectivity index is 1.93. The van der Waals surface area contributed by atoms with E-state index in [0.29, 0.717) is 23.5 Å². The second-order valence-corrected chi connectivity index (χ2v) is 4.36. The minimum Gasteiger partial charge on any atom is -0.497 e. The molecule has 5 heteroatoms. The lowest BCUT2D eigenvalue weighted by Gasteiger charge is -2.08. The van der Waals surface area contributed by atoms with Gasteiger partial charge in [0.15, 0.2) is 0 Å². The molecule has 0 radical (unpaired) electrons. The van der Waals surface area contributed by atoms with Crippen LogP contribution in [0.2, 0.25) is 0 Å². The third-order valence-electron chi connectivity index (χ3n) is 2.88. The number of rotatable bonds is 5. The van der Waals surface area contributed by atoms with E-state index in [-0.39, 0.29) is 5.91 Å². The summed E-state index contributed by atoms with van der Waals surface area (Å²) in [5.41, 5.74) is 7.86. The number of nitrogen functional groups attached to an aromatic ring is 1. The molecule has 0 atom stereocenters. The van der Waals surface area contributed by atoms with E-state index in [1.807, 2.05) is 12.1 Å². The number of carbonyl (C=O) groups excluding carboxylic acids is 1. The van der Waals surface area contributed by atoms with Crippen molar-refractivity contribution in [2.75, 3.05) is 19.4 Å². The molecule has 1 aromatic carbocycles. The SMILES string of the molecule is COc1cc(N)cc(C(=O)NCCc2ccncc2)c1. The van der Waals surface area contributed by atoms with Crippen LogP contribution in [0.5, 0.6) is 5.75 Å². The van der Waals surface area contributed by atoms with Gasteiger partial charge in [-0.05, 0) is 36.2 Å². The fraction of sp³-hybridized carbons (Fsp3) is 0.200. The molecule has 2 rings (SSSR count). The molecule has 0 aliphatic heterocycles. The fourth-order valence-electron chi connectivity index (χ4n) is 1.84. The van der Waals surface area contributed by atoms with E-state index in [1.165, 1.54) is 0 Å². The number of benzene rings is 1. The zero-order valence-corrected chi connectivity index (χ0v) is 11.3. The number of nitrogens with two attached hydrogens (primary N) is 1. The highest BCUT2D eigenvalue weighted by Crippen LogP contribution is 2.18. The second kappa shape index (κ2) is 6.56. The van der Waals surface area contributed by atoms with E-state index in [2.05, 4.69) is 10.3 Å². The number of pyridine rings is 1. The Hall–Kier alpha value is -2.56. The number of nitrogens with one attached hydrogen (secondary N) is 1. The average molecular weight is 271 g/mol. The summed E-state index contributed by atoms with van der Waals surface area (Å²) in [7, 11) is 1.54. The van der Waals surface area contributed by atoms with E-state index in [4.69, 9.17) is 10.5 Å². The van der Waals surface area contributed by atoms with Crippen LogP contribution in [0.1, 0.15) is 15.9 Å². The first-order valence-corrected chi connectivity index (χ1v) is 6.30. The van der Waals surface area contributed by atoms with Gasteiger partial charge in [0.05, 0.1) is 7.11 Å². The average Bonchev–Trinajstić information content (AvgIpc) is 2.47. The van der Waals surface area contributed by atoms with E-state index >= 15 is 0 Å². The van der Waals surface area contributed by atoms with Crippen molar-refractivity contribution in [3.05, 3.63) is 53.9 Å². The molecular formula is C15H17N3O2. The third kappa shape index (κ3) is 3.71. The summed E-state index contributed by atoms with van der Waals surface area (Å²) in [6, 6.07) is 8.82. The molecule has 20 heavy (non-hydrogen) atoms. The van der Waals surface area contributed by atoms with Crippen molar-refractivity contribution in [2.24, 2.45) is 0 Å². The summed E-state index contributed by atoms with van der Waals surface area (Å²) in [5, 5.41) is 2.86. The Labute approximate surface area is 117 Å². The maximum absolute atomic E-state index is 12.0. The van der Waals surface area contributed by atoms with Crippen LogP contribution >= 0.6 is 0 Å². The van der Waals surface area contributed by atoms with Crippen molar-refractivity contribution in [3.63, 3.8) is 0 Å². The second-order valence-electron chi connectivity index (χ2n) is 4.36. The van der Waals surface area contributed by atoms with Gasteiger partial charge in [-0.25, -0.2) is 0 Å². The molecular weight excluding hydrogens is 254 g/mol. The predicted molar refractivity (Wildman–Crippen MR) is 77.7 cm³/mol. The summed E-state index contributed by atoms with van der Waals surface area (Å²) in [5.74, 6) is 0.411. The van der Waals surface area contributed by atoms with Gasteiger partial charge in [0.25, 0.3) is 5.91 Å². The van der Waals surface area contributed by atoms with Gasteiger partial charge in [-0.1, -0.05) is 0 Å². The van der Waals surface area contributed by atoms with Crippen LogP contribution in [0.4, 0.5) is 5.69 Å². The summed E-state index contributed by atoms with van der Waals surface area (Å²) in [6.07, 6.45) is 4.23. The lowest BCUT2D eigenvalue weighted by molar-refractivity contribution is 0.0954. The van der Waals surface area contributed by atoms with Gasteiger partial charge in [-0.3, -0.25) is 9.78 Å². The maximum Gasteiger partial charge on any atom is 0.251 e. The number of ether oxygens (including phenoxy) is 1. The topological polar surface area (TPSA) is 77.2 Å². The Kier molecular flexibility index (Phi) is 4.55. The third-order valence-corrected chi connectivity index (χ3v) is 2.88. The smallest absolute Gasteiger partial charge is 0.251 e. The first-order chi connectivity index (χ1) is 9.69. The molecule has 0 spiro atoms. The van der Waals surface area contributed by atoms with Crippen molar-refractivity contribution >= 4 is 11.6 Å². The zero-order chi connectivity index (χ0) is 14.4. The molecule has 0 aliphatic rings. The molecule has 0 aliphatic carbocycles. The van der Waals surface area contributed by atoms with Crippen LogP contribution in [-0.4, -0.2) is 24.5 Å². The van der Waals surface area contributed by atoms with E-state index < -0.39 is 0 Å². The Morgan fingerprint density at radius 1 is 1.30 bits per heavy atom. The van der Waals surface area contributed by atoms with Crippen molar-refractivity contribution in [2.45, 2.75) is 6.42 Å².